The van der Waals surface area contributed by atoms with E-state index in [4.69, 9.17) is 14.9 Å². The van der Waals surface area contributed by atoms with Crippen LogP contribution in [0, 0.1) is 6.92 Å². The summed E-state index contributed by atoms with van der Waals surface area (Å²) >= 11 is 0. The van der Waals surface area contributed by atoms with Gasteiger partial charge in [0.1, 0.15) is 11.8 Å². The molecule has 1 aromatic rings. The fourth-order valence-electron chi connectivity index (χ4n) is 1.54. The molecule has 0 radical (unpaired) electrons. The number of nitrogens with one attached hydrogen (secondary N) is 1. The fraction of sp³-hybridized carbons (Fsp3) is 0.333. The highest BCUT2D eigenvalue weighted by molar-refractivity contribution is 5.83. The molecule has 1 unspecified atom stereocenters. The monoisotopic (exact) mass is 253 g/mol. The zero-order chi connectivity index (χ0) is 13.7. The van der Waals surface area contributed by atoms with E-state index >= 15 is 0 Å². The van der Waals surface area contributed by atoms with Crippen LogP contribution in [0.3, 0.4) is 0 Å². The summed E-state index contributed by atoms with van der Waals surface area (Å²) in [6.07, 6.45) is -0.486. The highest BCUT2D eigenvalue weighted by Gasteiger charge is 2.20. The summed E-state index contributed by atoms with van der Waals surface area (Å²) in [6.45, 7) is 1.82. The van der Waals surface area contributed by atoms with E-state index in [-0.39, 0.29) is 0 Å². The van der Waals surface area contributed by atoms with E-state index in [1.165, 1.54) is 0 Å². The van der Waals surface area contributed by atoms with Crippen LogP contribution in [-0.2, 0) is 9.59 Å². The second-order valence-electron chi connectivity index (χ2n) is 3.82. The first-order valence-electron chi connectivity index (χ1n) is 5.30. The van der Waals surface area contributed by atoms with Gasteiger partial charge in [-0.15, -0.1) is 0 Å². The molecule has 6 nitrogen and oxygen atoms in total. The first-order chi connectivity index (χ1) is 8.43. The zero-order valence-electron chi connectivity index (χ0n) is 10.1. The van der Waals surface area contributed by atoms with Gasteiger partial charge in [-0.3, -0.25) is 4.79 Å². The Morgan fingerprint density at radius 1 is 1.39 bits per heavy atom. The fourth-order valence-corrected chi connectivity index (χ4v) is 1.54. The molecule has 0 aliphatic rings. The Bertz CT molecular complexity index is 458. The largest absolute Gasteiger partial charge is 0.496 e. The highest BCUT2D eigenvalue weighted by atomic mass is 16.5. The smallest absolute Gasteiger partial charge is 0.326 e. The molecular formula is C12H15NO5. The molecule has 0 spiro atoms. The predicted octanol–water partition coefficient (Wildman–Crippen LogP) is 1.34. The quantitative estimate of drug-likeness (QED) is 0.708. The van der Waals surface area contributed by atoms with Crippen LogP contribution in [0.15, 0.2) is 18.2 Å². The van der Waals surface area contributed by atoms with Gasteiger partial charge >= 0.3 is 11.9 Å². The van der Waals surface area contributed by atoms with Gasteiger partial charge in [0, 0.05) is 5.69 Å². The average Bonchev–Trinajstić information content (AvgIpc) is 2.27. The molecule has 0 fully saturated rings. The molecule has 0 heterocycles. The number of carboxylic acids is 2. The molecule has 3 N–H and O–H groups in total. The second kappa shape index (κ2) is 5.90. The molecule has 1 aromatic carbocycles. The van der Waals surface area contributed by atoms with Gasteiger partial charge in [0.2, 0.25) is 0 Å². The molecule has 0 aromatic heterocycles. The van der Waals surface area contributed by atoms with Crippen LogP contribution >= 0.6 is 0 Å². The molecule has 0 bridgehead atoms. The number of anilines is 1. The van der Waals surface area contributed by atoms with E-state index in [2.05, 4.69) is 5.32 Å². The number of aryl methyl sites for hydroxylation is 1. The van der Waals surface area contributed by atoms with Crippen LogP contribution in [0.25, 0.3) is 0 Å². The highest BCUT2D eigenvalue weighted by Crippen LogP contribution is 2.22. The number of aliphatic carboxylic acids is 2. The van der Waals surface area contributed by atoms with E-state index < -0.39 is 24.4 Å². The predicted molar refractivity (Wildman–Crippen MR) is 65.0 cm³/mol. The molecule has 6 heteroatoms. The number of methoxy groups -OCH3 is 1. The minimum absolute atomic E-state index is 0.486. The summed E-state index contributed by atoms with van der Waals surface area (Å²) in [4.78, 5) is 21.4. The van der Waals surface area contributed by atoms with Gasteiger partial charge in [0.15, 0.2) is 0 Å². The number of hydrogen-bond acceptors (Lipinski definition) is 4. The first-order valence-corrected chi connectivity index (χ1v) is 5.30. The van der Waals surface area contributed by atoms with Crippen molar-refractivity contribution in [2.24, 2.45) is 0 Å². The minimum Gasteiger partial charge on any atom is -0.496 e. The van der Waals surface area contributed by atoms with Gasteiger partial charge in [-0.25, -0.2) is 4.79 Å². The molecule has 0 aliphatic carbocycles. The Balaban J connectivity index is 2.84. The van der Waals surface area contributed by atoms with Crippen LogP contribution in [-0.4, -0.2) is 35.3 Å². The lowest BCUT2D eigenvalue weighted by Crippen LogP contribution is -2.31. The van der Waals surface area contributed by atoms with Crippen molar-refractivity contribution in [3.63, 3.8) is 0 Å². The Labute approximate surface area is 104 Å². The number of carboxylic acid groups (broad SMARTS) is 2. The first kappa shape index (κ1) is 13.8. The summed E-state index contributed by atoms with van der Waals surface area (Å²) in [5.41, 5.74) is 1.38. The Morgan fingerprint density at radius 3 is 2.50 bits per heavy atom. The van der Waals surface area contributed by atoms with E-state index in [1.54, 1.807) is 25.3 Å². The van der Waals surface area contributed by atoms with Crippen molar-refractivity contribution in [3.05, 3.63) is 23.8 Å². The molecule has 98 valence electrons. The lowest BCUT2D eigenvalue weighted by atomic mass is 10.1. The van der Waals surface area contributed by atoms with Gasteiger partial charge < -0.3 is 20.3 Å². The summed E-state index contributed by atoms with van der Waals surface area (Å²) in [7, 11) is 1.54. The van der Waals surface area contributed by atoms with Crippen molar-refractivity contribution in [3.8, 4) is 5.75 Å². The van der Waals surface area contributed by atoms with E-state index in [9.17, 15) is 9.59 Å². The van der Waals surface area contributed by atoms with Crippen LogP contribution in [0.4, 0.5) is 5.69 Å². The maximum atomic E-state index is 10.9. The maximum Gasteiger partial charge on any atom is 0.326 e. The third kappa shape index (κ3) is 3.65. The van der Waals surface area contributed by atoms with Crippen LogP contribution in [0.2, 0.25) is 0 Å². The summed E-state index contributed by atoms with van der Waals surface area (Å²) < 4.78 is 5.08. The maximum absolute atomic E-state index is 10.9. The molecular weight excluding hydrogens is 238 g/mol. The summed E-state index contributed by atoms with van der Waals surface area (Å²) in [5, 5.41) is 20.2. The van der Waals surface area contributed by atoms with Crippen molar-refractivity contribution >= 4 is 17.6 Å². The number of ether oxygens (including phenoxy) is 1. The van der Waals surface area contributed by atoms with Crippen LogP contribution in [0.5, 0.6) is 5.75 Å². The third-order valence-corrected chi connectivity index (χ3v) is 2.41. The second-order valence-corrected chi connectivity index (χ2v) is 3.82. The number of benzene rings is 1. The van der Waals surface area contributed by atoms with E-state index in [0.717, 1.165) is 5.56 Å². The molecule has 0 aliphatic heterocycles. The Kier molecular flexibility index (Phi) is 4.53. The van der Waals surface area contributed by atoms with Crippen molar-refractivity contribution < 1.29 is 24.5 Å². The topological polar surface area (TPSA) is 95.9 Å². The minimum atomic E-state index is -1.20. The van der Waals surface area contributed by atoms with E-state index in [1.807, 2.05) is 6.92 Å². The molecule has 18 heavy (non-hydrogen) atoms. The van der Waals surface area contributed by atoms with Crippen molar-refractivity contribution in [1.82, 2.24) is 0 Å². The summed E-state index contributed by atoms with van der Waals surface area (Å²) in [5.74, 6) is -1.68. The normalized spacial score (nSPS) is 11.7. The molecule has 1 rings (SSSR count). The summed E-state index contributed by atoms with van der Waals surface area (Å²) in [6, 6.07) is 3.88. The van der Waals surface area contributed by atoms with Crippen LogP contribution < -0.4 is 10.1 Å². The molecule has 0 saturated carbocycles. The average molecular weight is 253 g/mol. The van der Waals surface area contributed by atoms with Crippen molar-refractivity contribution in [2.75, 3.05) is 12.4 Å². The molecule has 0 amide bonds. The lowest BCUT2D eigenvalue weighted by Gasteiger charge is -2.15. The SMILES string of the molecule is COc1ccc(NC(CC(=O)O)C(=O)O)cc1C. The van der Waals surface area contributed by atoms with Gasteiger partial charge in [-0.2, -0.15) is 0 Å². The standard InChI is InChI=1S/C12H15NO5/c1-7-5-8(3-4-10(7)18-2)13-9(12(16)17)6-11(14)15/h3-5,9,13H,6H2,1-2H3,(H,14,15)(H,16,17). The molecule has 1 atom stereocenters. The van der Waals surface area contributed by atoms with E-state index in [0.29, 0.717) is 11.4 Å². The zero-order valence-corrected chi connectivity index (χ0v) is 10.1. The van der Waals surface area contributed by atoms with Gasteiger partial charge in [-0.05, 0) is 30.7 Å². The van der Waals surface area contributed by atoms with Gasteiger partial charge in [0.05, 0.1) is 13.5 Å². The molecule has 0 saturated heterocycles. The number of carbonyl (C=O) groups is 2. The van der Waals surface area contributed by atoms with Gasteiger partial charge in [-0.1, -0.05) is 0 Å². The van der Waals surface area contributed by atoms with Gasteiger partial charge in [0.25, 0.3) is 0 Å². The van der Waals surface area contributed by atoms with Crippen LogP contribution in [0.1, 0.15) is 12.0 Å². The third-order valence-electron chi connectivity index (χ3n) is 2.41. The Morgan fingerprint density at radius 2 is 2.06 bits per heavy atom. The number of rotatable bonds is 6. The van der Waals surface area contributed by atoms with Crippen molar-refractivity contribution in [2.45, 2.75) is 19.4 Å². The number of hydrogen-bond donors (Lipinski definition) is 3. The Hall–Kier alpha value is -2.24. The lowest BCUT2D eigenvalue weighted by molar-refractivity contribution is -0.144. The van der Waals surface area contributed by atoms with Crippen molar-refractivity contribution in [1.29, 1.82) is 0 Å².